The predicted molar refractivity (Wildman–Crippen MR) is 93.0 cm³/mol. The highest BCUT2D eigenvalue weighted by molar-refractivity contribution is 7.09. The van der Waals surface area contributed by atoms with Crippen LogP contribution in [0.25, 0.3) is 11.4 Å². The van der Waals surface area contributed by atoms with Crippen molar-refractivity contribution >= 4 is 17.2 Å². The molecule has 7 nitrogen and oxygen atoms in total. The molecular weight excluding hydrogens is 354 g/mol. The van der Waals surface area contributed by atoms with Gasteiger partial charge in [-0.3, -0.25) is 4.79 Å². The molecule has 0 aliphatic carbocycles. The minimum absolute atomic E-state index is 0.0716. The lowest BCUT2D eigenvalue weighted by Gasteiger charge is -2.14. The largest absolute Gasteiger partial charge is 0.454 e. The van der Waals surface area contributed by atoms with E-state index in [2.05, 4.69) is 10.1 Å². The highest BCUT2D eigenvalue weighted by Gasteiger charge is 2.34. The maximum absolute atomic E-state index is 12.3. The van der Waals surface area contributed by atoms with Gasteiger partial charge in [0.2, 0.25) is 24.4 Å². The first-order chi connectivity index (χ1) is 12.8. The highest BCUT2D eigenvalue weighted by Crippen LogP contribution is 2.36. The van der Waals surface area contributed by atoms with E-state index in [-0.39, 0.29) is 18.6 Å². The van der Waals surface area contributed by atoms with Crippen LogP contribution in [0.3, 0.4) is 0 Å². The van der Waals surface area contributed by atoms with Gasteiger partial charge in [-0.1, -0.05) is 11.2 Å². The van der Waals surface area contributed by atoms with E-state index >= 15 is 0 Å². The van der Waals surface area contributed by atoms with Crippen molar-refractivity contribution in [2.24, 2.45) is 0 Å². The Bertz CT molecular complexity index is 953. The SMILES string of the molecule is O=C1CC(c2nc(-c3ccc4c(c3)OCO4)no2)CN1Cc1cccs1. The van der Waals surface area contributed by atoms with Crippen molar-refractivity contribution in [3.63, 3.8) is 0 Å². The Morgan fingerprint density at radius 3 is 3.04 bits per heavy atom. The molecule has 1 atom stereocenters. The third kappa shape index (κ3) is 2.72. The smallest absolute Gasteiger partial charge is 0.232 e. The molecule has 1 fully saturated rings. The Kier molecular flexibility index (Phi) is 3.63. The molecule has 4 heterocycles. The predicted octanol–water partition coefficient (Wildman–Crippen LogP) is 3.04. The quantitative estimate of drug-likeness (QED) is 0.703. The summed E-state index contributed by atoms with van der Waals surface area (Å²) in [4.78, 5) is 19.8. The van der Waals surface area contributed by atoms with Gasteiger partial charge in [0.1, 0.15) is 0 Å². The van der Waals surface area contributed by atoms with E-state index in [0.29, 0.717) is 42.7 Å². The van der Waals surface area contributed by atoms with Crippen molar-refractivity contribution in [2.75, 3.05) is 13.3 Å². The van der Waals surface area contributed by atoms with E-state index < -0.39 is 0 Å². The fourth-order valence-electron chi connectivity index (χ4n) is 3.23. The Morgan fingerprint density at radius 2 is 2.15 bits per heavy atom. The van der Waals surface area contributed by atoms with E-state index in [4.69, 9.17) is 14.0 Å². The number of carbonyl (C=O) groups excluding carboxylic acids is 1. The molecule has 2 aliphatic rings. The topological polar surface area (TPSA) is 77.7 Å². The number of thiophene rings is 1. The van der Waals surface area contributed by atoms with Gasteiger partial charge < -0.3 is 18.9 Å². The highest BCUT2D eigenvalue weighted by atomic mass is 32.1. The lowest BCUT2D eigenvalue weighted by Crippen LogP contribution is -2.23. The Balaban J connectivity index is 1.33. The van der Waals surface area contributed by atoms with Crippen molar-refractivity contribution in [1.29, 1.82) is 0 Å². The van der Waals surface area contributed by atoms with E-state index in [9.17, 15) is 4.79 Å². The maximum atomic E-state index is 12.3. The zero-order valence-electron chi connectivity index (χ0n) is 13.8. The van der Waals surface area contributed by atoms with Crippen molar-refractivity contribution in [2.45, 2.75) is 18.9 Å². The second-order valence-corrected chi connectivity index (χ2v) is 7.31. The molecule has 0 saturated carbocycles. The normalized spacial score (nSPS) is 18.7. The Hall–Kier alpha value is -2.87. The Labute approximate surface area is 153 Å². The van der Waals surface area contributed by atoms with Gasteiger partial charge in [0.15, 0.2) is 11.5 Å². The molecule has 1 unspecified atom stereocenters. The molecule has 2 aromatic heterocycles. The zero-order chi connectivity index (χ0) is 17.5. The number of carbonyl (C=O) groups is 1. The van der Waals surface area contributed by atoms with Crippen molar-refractivity contribution < 1.29 is 18.8 Å². The molecule has 3 aromatic rings. The first-order valence-corrected chi connectivity index (χ1v) is 9.18. The summed E-state index contributed by atoms with van der Waals surface area (Å²) >= 11 is 1.65. The van der Waals surface area contributed by atoms with Crippen LogP contribution in [-0.2, 0) is 11.3 Å². The van der Waals surface area contributed by atoms with Gasteiger partial charge in [-0.15, -0.1) is 11.3 Å². The molecule has 8 heteroatoms. The lowest BCUT2D eigenvalue weighted by molar-refractivity contribution is -0.128. The number of nitrogens with zero attached hydrogens (tertiary/aromatic N) is 3. The Morgan fingerprint density at radius 1 is 1.23 bits per heavy atom. The summed E-state index contributed by atoms with van der Waals surface area (Å²) in [6.07, 6.45) is 0.397. The van der Waals surface area contributed by atoms with Gasteiger partial charge >= 0.3 is 0 Å². The molecule has 0 N–H and O–H groups in total. The summed E-state index contributed by atoms with van der Waals surface area (Å²) in [5, 5.41) is 6.09. The molecule has 1 aromatic carbocycles. The number of hydrogen-bond donors (Lipinski definition) is 0. The van der Waals surface area contributed by atoms with Crippen LogP contribution in [0.2, 0.25) is 0 Å². The average molecular weight is 369 g/mol. The number of hydrogen-bond acceptors (Lipinski definition) is 7. The fraction of sp³-hybridized carbons (Fsp3) is 0.278. The number of amides is 1. The summed E-state index contributed by atoms with van der Waals surface area (Å²) in [5.74, 6) is 2.42. The molecule has 0 bridgehead atoms. The maximum Gasteiger partial charge on any atom is 0.232 e. The first-order valence-electron chi connectivity index (χ1n) is 8.30. The van der Waals surface area contributed by atoms with Gasteiger partial charge in [0.05, 0.1) is 12.5 Å². The van der Waals surface area contributed by atoms with E-state index in [0.717, 1.165) is 5.56 Å². The summed E-state index contributed by atoms with van der Waals surface area (Å²) in [7, 11) is 0. The molecule has 1 amide bonds. The van der Waals surface area contributed by atoms with Gasteiger partial charge in [0, 0.05) is 23.4 Å². The number of aromatic nitrogens is 2. The van der Waals surface area contributed by atoms with Crippen LogP contribution in [0.15, 0.2) is 40.2 Å². The third-order valence-corrected chi connectivity index (χ3v) is 5.42. The van der Waals surface area contributed by atoms with Crippen molar-refractivity contribution in [1.82, 2.24) is 15.0 Å². The van der Waals surface area contributed by atoms with Crippen LogP contribution in [0.1, 0.15) is 23.1 Å². The number of ether oxygens (including phenoxy) is 2. The summed E-state index contributed by atoms with van der Waals surface area (Å²) in [6, 6.07) is 9.56. The second-order valence-electron chi connectivity index (χ2n) is 6.28. The standard InChI is InChI=1S/C18H15N3O4S/c22-16-7-12(8-21(16)9-13-2-1-5-26-13)18-19-17(20-25-18)11-3-4-14-15(6-11)24-10-23-14/h1-6,12H,7-10H2. The number of likely N-dealkylation sites (tertiary alicyclic amines) is 1. The number of benzene rings is 1. The van der Waals surface area contributed by atoms with Crippen molar-refractivity contribution in [3.05, 3.63) is 46.5 Å². The molecule has 26 heavy (non-hydrogen) atoms. The summed E-state index contributed by atoms with van der Waals surface area (Å²) < 4.78 is 16.1. The lowest BCUT2D eigenvalue weighted by atomic mass is 10.1. The van der Waals surface area contributed by atoms with Crippen LogP contribution in [0.4, 0.5) is 0 Å². The molecular formula is C18H15N3O4S. The number of rotatable bonds is 4. The van der Waals surface area contributed by atoms with E-state index in [1.54, 1.807) is 11.3 Å². The average Bonchev–Trinajstić information content (AvgIpc) is 3.43. The third-order valence-electron chi connectivity index (χ3n) is 4.56. The molecule has 2 aliphatic heterocycles. The van der Waals surface area contributed by atoms with Crippen LogP contribution in [0, 0.1) is 0 Å². The van der Waals surface area contributed by atoms with Crippen LogP contribution < -0.4 is 9.47 Å². The van der Waals surface area contributed by atoms with Crippen LogP contribution >= 0.6 is 11.3 Å². The monoisotopic (exact) mass is 369 g/mol. The van der Waals surface area contributed by atoms with Gasteiger partial charge in [0.25, 0.3) is 0 Å². The first kappa shape index (κ1) is 15.4. The summed E-state index contributed by atoms with van der Waals surface area (Å²) in [6.45, 7) is 1.45. The van der Waals surface area contributed by atoms with Gasteiger partial charge in [-0.25, -0.2) is 0 Å². The number of fused-ring (bicyclic) bond motifs is 1. The van der Waals surface area contributed by atoms with Crippen LogP contribution in [0.5, 0.6) is 11.5 Å². The zero-order valence-corrected chi connectivity index (χ0v) is 14.6. The van der Waals surface area contributed by atoms with Gasteiger partial charge in [-0.2, -0.15) is 4.98 Å². The minimum Gasteiger partial charge on any atom is -0.454 e. The van der Waals surface area contributed by atoms with Crippen molar-refractivity contribution in [3.8, 4) is 22.9 Å². The minimum atomic E-state index is -0.0716. The molecule has 1 saturated heterocycles. The molecule has 0 spiro atoms. The molecule has 132 valence electrons. The second kappa shape index (κ2) is 6.14. The van der Waals surface area contributed by atoms with E-state index in [1.807, 2.05) is 40.6 Å². The van der Waals surface area contributed by atoms with Crippen LogP contribution in [-0.4, -0.2) is 34.3 Å². The molecule has 0 radical (unpaired) electrons. The van der Waals surface area contributed by atoms with E-state index in [1.165, 1.54) is 4.88 Å². The van der Waals surface area contributed by atoms with Gasteiger partial charge in [-0.05, 0) is 29.6 Å². The summed E-state index contributed by atoms with van der Waals surface area (Å²) in [5.41, 5.74) is 0.795. The molecule has 5 rings (SSSR count). The fourth-order valence-corrected chi connectivity index (χ4v) is 3.95.